The first kappa shape index (κ1) is 9.50. The number of hydrogen-bond acceptors (Lipinski definition) is 3. The molecule has 68 valence electrons. The van der Waals surface area contributed by atoms with Crippen molar-refractivity contribution >= 4 is 0 Å². The maximum absolute atomic E-state index is 9.61. The van der Waals surface area contributed by atoms with Gasteiger partial charge in [0, 0.05) is 6.04 Å². The SMILES string of the molecule is CN(CC#N)[C@H]1CCCC[C@H]1O. The Morgan fingerprint density at radius 1 is 1.50 bits per heavy atom. The molecule has 1 rings (SSSR count). The molecule has 1 saturated carbocycles. The van der Waals surface area contributed by atoms with Crippen molar-refractivity contribution in [1.82, 2.24) is 4.90 Å². The zero-order valence-electron chi connectivity index (χ0n) is 7.53. The lowest BCUT2D eigenvalue weighted by atomic mass is 9.92. The Bertz CT molecular complexity index is 176. The highest BCUT2D eigenvalue weighted by molar-refractivity contribution is 4.85. The number of rotatable bonds is 2. The highest BCUT2D eigenvalue weighted by atomic mass is 16.3. The summed E-state index contributed by atoms with van der Waals surface area (Å²) in [7, 11) is 1.91. The number of hydrogen-bond donors (Lipinski definition) is 1. The number of nitriles is 1. The molecule has 0 spiro atoms. The van der Waals surface area contributed by atoms with Crippen LogP contribution in [0, 0.1) is 11.3 Å². The molecule has 3 nitrogen and oxygen atoms in total. The predicted octanol–water partition coefficient (Wildman–Crippen LogP) is 0.745. The van der Waals surface area contributed by atoms with Crippen molar-refractivity contribution in [3.63, 3.8) is 0 Å². The second-order valence-corrected chi connectivity index (χ2v) is 3.49. The molecule has 0 aromatic carbocycles. The van der Waals surface area contributed by atoms with Crippen LogP contribution in [0.15, 0.2) is 0 Å². The maximum atomic E-state index is 9.61. The van der Waals surface area contributed by atoms with Crippen LogP contribution in [-0.4, -0.2) is 35.7 Å². The van der Waals surface area contributed by atoms with Gasteiger partial charge < -0.3 is 5.11 Å². The molecular formula is C9H16N2O. The average molecular weight is 168 g/mol. The minimum atomic E-state index is -0.225. The molecule has 0 unspecified atom stereocenters. The molecule has 1 N–H and O–H groups in total. The van der Waals surface area contributed by atoms with Gasteiger partial charge in [0.05, 0.1) is 18.7 Å². The first-order valence-electron chi connectivity index (χ1n) is 4.51. The molecule has 0 aromatic heterocycles. The van der Waals surface area contributed by atoms with E-state index in [1.807, 2.05) is 11.9 Å². The normalized spacial score (nSPS) is 30.2. The van der Waals surface area contributed by atoms with E-state index in [2.05, 4.69) is 6.07 Å². The molecule has 12 heavy (non-hydrogen) atoms. The van der Waals surface area contributed by atoms with E-state index in [1.54, 1.807) is 0 Å². The summed E-state index contributed by atoms with van der Waals surface area (Å²) in [4.78, 5) is 1.95. The lowest BCUT2D eigenvalue weighted by Crippen LogP contribution is -2.43. The molecule has 0 bridgehead atoms. The first-order chi connectivity index (χ1) is 5.75. The molecular weight excluding hydrogens is 152 g/mol. The van der Waals surface area contributed by atoms with E-state index in [-0.39, 0.29) is 12.1 Å². The molecule has 1 aliphatic carbocycles. The molecule has 0 aliphatic heterocycles. The predicted molar refractivity (Wildman–Crippen MR) is 46.5 cm³/mol. The number of aliphatic hydroxyl groups is 1. The van der Waals surface area contributed by atoms with Gasteiger partial charge >= 0.3 is 0 Å². The molecule has 0 aromatic rings. The standard InChI is InChI=1S/C9H16N2O/c1-11(7-6-10)8-4-2-3-5-9(8)12/h8-9,12H,2-5,7H2,1H3/t8-,9+/m0/s1. The average Bonchev–Trinajstić information content (AvgIpc) is 2.05. The van der Waals surface area contributed by atoms with Crippen molar-refractivity contribution in [1.29, 1.82) is 5.26 Å². The number of likely N-dealkylation sites (N-methyl/N-ethyl adjacent to an activating group) is 1. The van der Waals surface area contributed by atoms with Crippen molar-refractivity contribution < 1.29 is 5.11 Å². The highest BCUT2D eigenvalue weighted by Gasteiger charge is 2.25. The van der Waals surface area contributed by atoms with Gasteiger partial charge in [0.2, 0.25) is 0 Å². The van der Waals surface area contributed by atoms with Gasteiger partial charge in [-0.3, -0.25) is 4.90 Å². The van der Waals surface area contributed by atoms with E-state index in [0.29, 0.717) is 6.54 Å². The lowest BCUT2D eigenvalue weighted by Gasteiger charge is -2.33. The first-order valence-corrected chi connectivity index (χ1v) is 4.51. The Morgan fingerprint density at radius 2 is 2.17 bits per heavy atom. The van der Waals surface area contributed by atoms with E-state index in [1.165, 1.54) is 6.42 Å². The zero-order valence-corrected chi connectivity index (χ0v) is 7.53. The van der Waals surface area contributed by atoms with E-state index < -0.39 is 0 Å². The molecule has 1 fully saturated rings. The summed E-state index contributed by atoms with van der Waals surface area (Å²) in [5.41, 5.74) is 0. The van der Waals surface area contributed by atoms with Crippen molar-refractivity contribution in [2.45, 2.75) is 37.8 Å². The van der Waals surface area contributed by atoms with E-state index in [4.69, 9.17) is 5.26 Å². The van der Waals surface area contributed by atoms with Crippen molar-refractivity contribution in [3.8, 4) is 6.07 Å². The summed E-state index contributed by atoms with van der Waals surface area (Å²) in [6, 6.07) is 2.31. The molecule has 1 aliphatic rings. The molecule has 0 radical (unpaired) electrons. The van der Waals surface area contributed by atoms with Crippen LogP contribution in [0.2, 0.25) is 0 Å². The van der Waals surface area contributed by atoms with Gasteiger partial charge in [0.25, 0.3) is 0 Å². The quantitative estimate of drug-likeness (QED) is 0.619. The van der Waals surface area contributed by atoms with Gasteiger partial charge in [-0.25, -0.2) is 0 Å². The second-order valence-electron chi connectivity index (χ2n) is 3.49. The van der Waals surface area contributed by atoms with Gasteiger partial charge in [-0.1, -0.05) is 12.8 Å². The topological polar surface area (TPSA) is 47.3 Å². The number of nitrogens with zero attached hydrogens (tertiary/aromatic N) is 2. The smallest absolute Gasteiger partial charge is 0.0866 e. The van der Waals surface area contributed by atoms with Crippen LogP contribution < -0.4 is 0 Å². The Kier molecular flexibility index (Phi) is 3.51. The third-order valence-corrected chi connectivity index (χ3v) is 2.58. The van der Waals surface area contributed by atoms with Gasteiger partial charge in [-0.15, -0.1) is 0 Å². The van der Waals surface area contributed by atoms with Crippen LogP contribution >= 0.6 is 0 Å². The van der Waals surface area contributed by atoms with Gasteiger partial charge in [-0.2, -0.15) is 5.26 Å². The highest BCUT2D eigenvalue weighted by Crippen LogP contribution is 2.21. The molecule has 2 atom stereocenters. The fourth-order valence-electron chi connectivity index (χ4n) is 1.83. The van der Waals surface area contributed by atoms with Crippen molar-refractivity contribution in [3.05, 3.63) is 0 Å². The molecule has 0 heterocycles. The molecule has 0 saturated heterocycles. The summed E-state index contributed by atoms with van der Waals surface area (Å²) in [6.07, 6.45) is 3.99. The van der Waals surface area contributed by atoms with Crippen molar-refractivity contribution in [2.24, 2.45) is 0 Å². The van der Waals surface area contributed by atoms with Gasteiger partial charge in [-0.05, 0) is 19.9 Å². The van der Waals surface area contributed by atoms with E-state index in [0.717, 1.165) is 19.3 Å². The van der Waals surface area contributed by atoms with Crippen LogP contribution in [0.25, 0.3) is 0 Å². The molecule has 0 amide bonds. The maximum Gasteiger partial charge on any atom is 0.0866 e. The third-order valence-electron chi connectivity index (χ3n) is 2.58. The lowest BCUT2D eigenvalue weighted by molar-refractivity contribution is 0.0379. The van der Waals surface area contributed by atoms with Crippen LogP contribution in [0.4, 0.5) is 0 Å². The zero-order chi connectivity index (χ0) is 8.97. The van der Waals surface area contributed by atoms with Gasteiger partial charge in [0.1, 0.15) is 0 Å². The summed E-state index contributed by atoms with van der Waals surface area (Å²) in [6.45, 7) is 0.418. The summed E-state index contributed by atoms with van der Waals surface area (Å²) >= 11 is 0. The van der Waals surface area contributed by atoms with Crippen LogP contribution in [-0.2, 0) is 0 Å². The fraction of sp³-hybridized carbons (Fsp3) is 0.889. The largest absolute Gasteiger partial charge is 0.391 e. The third kappa shape index (κ3) is 2.20. The monoisotopic (exact) mass is 168 g/mol. The fourth-order valence-corrected chi connectivity index (χ4v) is 1.83. The van der Waals surface area contributed by atoms with Crippen molar-refractivity contribution in [2.75, 3.05) is 13.6 Å². The summed E-state index contributed by atoms with van der Waals surface area (Å²) in [5, 5.41) is 18.1. The summed E-state index contributed by atoms with van der Waals surface area (Å²) in [5.74, 6) is 0. The van der Waals surface area contributed by atoms with E-state index in [9.17, 15) is 5.11 Å². The Balaban J connectivity index is 2.43. The number of aliphatic hydroxyl groups excluding tert-OH is 1. The van der Waals surface area contributed by atoms with Gasteiger partial charge in [0.15, 0.2) is 0 Å². The Labute approximate surface area is 73.6 Å². The second kappa shape index (κ2) is 4.44. The Morgan fingerprint density at radius 3 is 2.75 bits per heavy atom. The van der Waals surface area contributed by atoms with Crippen LogP contribution in [0.5, 0.6) is 0 Å². The van der Waals surface area contributed by atoms with Crippen LogP contribution in [0.1, 0.15) is 25.7 Å². The minimum Gasteiger partial charge on any atom is -0.391 e. The van der Waals surface area contributed by atoms with E-state index >= 15 is 0 Å². The molecule has 3 heteroatoms. The minimum absolute atomic E-state index is 0.207. The Hall–Kier alpha value is -0.590. The van der Waals surface area contributed by atoms with Crippen LogP contribution in [0.3, 0.4) is 0 Å². The summed E-state index contributed by atoms with van der Waals surface area (Å²) < 4.78 is 0.